The van der Waals surface area contributed by atoms with E-state index in [2.05, 4.69) is 0 Å². The number of nitrogens with zero attached hydrogens (tertiary/aromatic N) is 1. The van der Waals surface area contributed by atoms with Gasteiger partial charge in [-0.1, -0.05) is 0 Å². The van der Waals surface area contributed by atoms with Crippen molar-refractivity contribution in [2.75, 3.05) is 6.61 Å². The SMILES string of the molecule is Cc1c(C(=O)O)cc(-c2cc(C(F)(F)F)ccc2F)n1CC1CCCO1. The minimum absolute atomic E-state index is 0.0743. The zero-order valence-electron chi connectivity index (χ0n) is 13.9. The topological polar surface area (TPSA) is 51.5 Å². The third kappa shape index (κ3) is 3.46. The predicted molar refractivity (Wildman–Crippen MR) is 85.5 cm³/mol. The lowest BCUT2D eigenvalue weighted by Gasteiger charge is -2.17. The van der Waals surface area contributed by atoms with Gasteiger partial charge in [-0.05, 0) is 44.0 Å². The van der Waals surface area contributed by atoms with Crippen LogP contribution in [0.2, 0.25) is 0 Å². The Morgan fingerprint density at radius 2 is 2.08 bits per heavy atom. The zero-order valence-corrected chi connectivity index (χ0v) is 13.9. The van der Waals surface area contributed by atoms with Crippen molar-refractivity contribution < 1.29 is 32.2 Å². The normalized spacial score (nSPS) is 17.7. The average molecular weight is 371 g/mol. The Bertz CT molecular complexity index is 836. The van der Waals surface area contributed by atoms with E-state index in [4.69, 9.17) is 4.74 Å². The molecular formula is C18H17F4NO3. The average Bonchev–Trinajstić information content (AvgIpc) is 3.16. The van der Waals surface area contributed by atoms with Crippen LogP contribution in [0.4, 0.5) is 17.6 Å². The standard InChI is InChI=1S/C18H17F4NO3/c1-10-13(17(24)25)8-16(23(10)9-12-3-2-6-26-12)14-7-11(18(20,21)22)4-5-15(14)19/h4-5,7-8,12H,2-3,6,9H2,1H3,(H,24,25). The molecule has 1 aromatic heterocycles. The van der Waals surface area contributed by atoms with E-state index >= 15 is 0 Å². The third-order valence-electron chi connectivity index (χ3n) is 4.58. The van der Waals surface area contributed by atoms with Crippen LogP contribution < -0.4 is 0 Å². The molecule has 2 aromatic rings. The molecule has 8 heteroatoms. The molecule has 1 unspecified atom stereocenters. The van der Waals surface area contributed by atoms with Gasteiger partial charge in [-0.15, -0.1) is 0 Å². The monoisotopic (exact) mass is 371 g/mol. The number of hydrogen-bond donors (Lipinski definition) is 1. The molecule has 1 aromatic carbocycles. The zero-order chi connectivity index (χ0) is 19.1. The highest BCUT2D eigenvalue weighted by Crippen LogP contribution is 2.35. The van der Waals surface area contributed by atoms with Crippen molar-refractivity contribution in [3.8, 4) is 11.3 Å². The Morgan fingerprint density at radius 1 is 1.35 bits per heavy atom. The highest BCUT2D eigenvalue weighted by molar-refractivity contribution is 5.91. The summed E-state index contributed by atoms with van der Waals surface area (Å²) in [7, 11) is 0. The fourth-order valence-corrected chi connectivity index (χ4v) is 3.21. The van der Waals surface area contributed by atoms with Gasteiger partial charge < -0.3 is 14.4 Å². The number of aromatic nitrogens is 1. The van der Waals surface area contributed by atoms with Crippen LogP contribution in [0, 0.1) is 12.7 Å². The second-order valence-electron chi connectivity index (χ2n) is 6.27. The first-order valence-electron chi connectivity index (χ1n) is 8.10. The van der Waals surface area contributed by atoms with Gasteiger partial charge in [-0.2, -0.15) is 13.2 Å². The number of halogens is 4. The van der Waals surface area contributed by atoms with Gasteiger partial charge in [0.25, 0.3) is 0 Å². The van der Waals surface area contributed by atoms with Gasteiger partial charge in [0.05, 0.1) is 22.9 Å². The summed E-state index contributed by atoms with van der Waals surface area (Å²) in [6, 6.07) is 3.33. The lowest BCUT2D eigenvalue weighted by atomic mass is 10.1. The number of alkyl halides is 3. The highest BCUT2D eigenvalue weighted by Gasteiger charge is 2.32. The van der Waals surface area contributed by atoms with E-state index in [-0.39, 0.29) is 29.5 Å². The van der Waals surface area contributed by atoms with Gasteiger partial charge in [-0.25, -0.2) is 9.18 Å². The molecule has 0 amide bonds. The quantitative estimate of drug-likeness (QED) is 0.806. The van der Waals surface area contributed by atoms with Crippen LogP contribution >= 0.6 is 0 Å². The smallest absolute Gasteiger partial charge is 0.416 e. The van der Waals surface area contributed by atoms with Crippen LogP contribution in [0.5, 0.6) is 0 Å². The summed E-state index contributed by atoms with van der Waals surface area (Å²) in [5, 5.41) is 9.35. The lowest BCUT2D eigenvalue weighted by Crippen LogP contribution is -2.17. The minimum atomic E-state index is -4.63. The van der Waals surface area contributed by atoms with Gasteiger partial charge in [0.1, 0.15) is 5.82 Å². The number of hydrogen-bond acceptors (Lipinski definition) is 2. The molecule has 0 spiro atoms. The Hall–Kier alpha value is -2.35. The second kappa shape index (κ2) is 6.75. The van der Waals surface area contributed by atoms with Gasteiger partial charge in [0, 0.05) is 24.4 Å². The second-order valence-corrected chi connectivity index (χ2v) is 6.27. The summed E-state index contributed by atoms with van der Waals surface area (Å²) in [5.41, 5.74) is -0.907. The number of carboxylic acid groups (broad SMARTS) is 1. The summed E-state index contributed by atoms with van der Waals surface area (Å²) >= 11 is 0. The lowest BCUT2D eigenvalue weighted by molar-refractivity contribution is -0.137. The summed E-state index contributed by atoms with van der Waals surface area (Å²) in [4.78, 5) is 11.4. The number of carboxylic acids is 1. The van der Waals surface area contributed by atoms with Crippen molar-refractivity contribution in [3.63, 3.8) is 0 Å². The number of ether oxygens (including phenoxy) is 1. The van der Waals surface area contributed by atoms with Crippen LogP contribution in [-0.2, 0) is 17.5 Å². The fraction of sp³-hybridized carbons (Fsp3) is 0.389. The molecule has 140 valence electrons. The summed E-state index contributed by atoms with van der Waals surface area (Å²) in [6.07, 6.45) is -3.21. The van der Waals surface area contributed by atoms with E-state index in [0.29, 0.717) is 24.4 Å². The van der Waals surface area contributed by atoms with E-state index in [1.165, 1.54) is 10.6 Å². The first-order chi connectivity index (χ1) is 12.2. The van der Waals surface area contributed by atoms with E-state index in [0.717, 1.165) is 18.9 Å². The molecule has 0 saturated carbocycles. The van der Waals surface area contributed by atoms with E-state index < -0.39 is 23.5 Å². The molecule has 1 saturated heterocycles. The van der Waals surface area contributed by atoms with Crippen LogP contribution in [0.15, 0.2) is 24.3 Å². The van der Waals surface area contributed by atoms with Crippen molar-refractivity contribution >= 4 is 5.97 Å². The predicted octanol–water partition coefficient (Wildman–Crippen LogP) is 4.50. The van der Waals surface area contributed by atoms with Gasteiger partial charge in [-0.3, -0.25) is 0 Å². The molecule has 2 heterocycles. The molecular weight excluding hydrogens is 354 g/mol. The minimum Gasteiger partial charge on any atom is -0.478 e. The number of carbonyl (C=O) groups is 1. The first-order valence-corrected chi connectivity index (χ1v) is 8.10. The largest absolute Gasteiger partial charge is 0.478 e. The molecule has 4 nitrogen and oxygen atoms in total. The van der Waals surface area contributed by atoms with Crippen LogP contribution in [-0.4, -0.2) is 28.4 Å². The molecule has 0 radical (unpaired) electrons. The van der Waals surface area contributed by atoms with E-state index in [1.807, 2.05) is 0 Å². The molecule has 1 aliphatic rings. The summed E-state index contributed by atoms with van der Waals surface area (Å²) < 4.78 is 60.4. The molecule has 26 heavy (non-hydrogen) atoms. The summed E-state index contributed by atoms with van der Waals surface area (Å²) in [6.45, 7) is 2.38. The van der Waals surface area contributed by atoms with Crippen molar-refractivity contribution in [1.29, 1.82) is 0 Å². The maximum Gasteiger partial charge on any atom is 0.416 e. The third-order valence-corrected chi connectivity index (χ3v) is 4.58. The van der Waals surface area contributed by atoms with Gasteiger partial charge in [0.2, 0.25) is 0 Å². The van der Waals surface area contributed by atoms with Crippen molar-refractivity contribution in [3.05, 3.63) is 46.9 Å². The van der Waals surface area contributed by atoms with Crippen LogP contribution in [0.1, 0.15) is 34.5 Å². The van der Waals surface area contributed by atoms with Crippen LogP contribution in [0.3, 0.4) is 0 Å². The molecule has 0 aliphatic carbocycles. The van der Waals surface area contributed by atoms with Gasteiger partial charge >= 0.3 is 12.1 Å². The Morgan fingerprint density at radius 3 is 2.65 bits per heavy atom. The highest BCUT2D eigenvalue weighted by atomic mass is 19.4. The Balaban J connectivity index is 2.14. The molecule has 1 aliphatic heterocycles. The molecule has 1 fully saturated rings. The van der Waals surface area contributed by atoms with E-state index in [1.54, 1.807) is 6.92 Å². The van der Waals surface area contributed by atoms with Crippen molar-refractivity contribution in [2.24, 2.45) is 0 Å². The van der Waals surface area contributed by atoms with Crippen molar-refractivity contribution in [1.82, 2.24) is 4.57 Å². The fourth-order valence-electron chi connectivity index (χ4n) is 3.21. The number of rotatable bonds is 4. The Kier molecular flexibility index (Phi) is 4.79. The van der Waals surface area contributed by atoms with E-state index in [9.17, 15) is 27.5 Å². The maximum atomic E-state index is 14.3. The maximum absolute atomic E-state index is 14.3. The molecule has 0 bridgehead atoms. The summed E-state index contributed by atoms with van der Waals surface area (Å²) in [5.74, 6) is -2.07. The van der Waals surface area contributed by atoms with Crippen LogP contribution in [0.25, 0.3) is 11.3 Å². The molecule has 1 atom stereocenters. The van der Waals surface area contributed by atoms with Gasteiger partial charge in [0.15, 0.2) is 0 Å². The number of aromatic carboxylic acids is 1. The molecule has 3 rings (SSSR count). The van der Waals surface area contributed by atoms with Crippen molar-refractivity contribution in [2.45, 2.75) is 38.6 Å². The number of benzene rings is 1. The Labute approximate surface area is 147 Å². The molecule has 1 N–H and O–H groups in total. The first kappa shape index (κ1) is 18.4.